The molecule has 17 nitrogen and oxygen atoms in total. The van der Waals surface area contributed by atoms with E-state index in [1.807, 2.05) is 13.0 Å². The Bertz CT molecular complexity index is 2710. The lowest BCUT2D eigenvalue weighted by atomic mass is 9.55. The molecule has 18 heteroatoms. The third-order valence-electron chi connectivity index (χ3n) is 13.3. The first-order chi connectivity index (χ1) is 34.3. The monoisotopic (exact) mass is 994 g/mol. The van der Waals surface area contributed by atoms with Gasteiger partial charge in [0.2, 0.25) is 21.7 Å². The van der Waals surface area contributed by atoms with Gasteiger partial charge in [-0.2, -0.15) is 4.31 Å². The van der Waals surface area contributed by atoms with Crippen molar-refractivity contribution in [3.05, 3.63) is 136 Å². The molecule has 6 atom stereocenters. The number of methoxy groups -OCH3 is 1. The number of hydrogen-bond donors (Lipinski definition) is 3. The van der Waals surface area contributed by atoms with Crippen molar-refractivity contribution >= 4 is 39.3 Å². The first-order valence-electron chi connectivity index (χ1n) is 24.0. The molecule has 4 aromatic rings. The highest BCUT2D eigenvalue weighted by Gasteiger charge is 2.66. The van der Waals surface area contributed by atoms with E-state index in [4.69, 9.17) is 28.9 Å². The van der Waals surface area contributed by atoms with E-state index in [0.717, 1.165) is 11.1 Å². The summed E-state index contributed by atoms with van der Waals surface area (Å²) < 4.78 is 58.3. The van der Waals surface area contributed by atoms with Crippen LogP contribution in [0.3, 0.4) is 0 Å². The van der Waals surface area contributed by atoms with Gasteiger partial charge in [-0.1, -0.05) is 37.1 Å². The van der Waals surface area contributed by atoms with E-state index in [-0.39, 0.29) is 67.7 Å². The zero-order valence-corrected chi connectivity index (χ0v) is 41.1. The molecule has 3 aliphatic rings. The number of fused-ring (bicyclic) bond motifs is 2. The van der Waals surface area contributed by atoms with E-state index >= 15 is 8.42 Å². The van der Waals surface area contributed by atoms with E-state index in [2.05, 4.69) is 18.0 Å². The number of allylic oxidation sites excluding steroid dienone is 1. The third kappa shape index (κ3) is 11.5. The van der Waals surface area contributed by atoms with Crippen LogP contribution in [-0.2, 0) is 31.0 Å². The van der Waals surface area contributed by atoms with Crippen molar-refractivity contribution in [1.29, 1.82) is 0 Å². The molecule has 378 valence electrons. The number of nitro groups is 1. The Labute approximate surface area is 414 Å². The van der Waals surface area contributed by atoms with Crippen LogP contribution in [0.5, 0.6) is 23.0 Å². The van der Waals surface area contributed by atoms with Crippen LogP contribution in [0, 0.1) is 27.9 Å². The SMILES string of the molecule is C=CCOC12Oc3ccc(Oc4ccc(OC)c(C=O)c4)cc3C3C(CCCCO)C(CCCCO)C=C(C(=NOCc4ccc([N+](=O)[O-])cc4)CC1N(CCC)S(=O)(=O)c1ccc(NC(C)=O)cc1)C32. The molecule has 1 aliphatic heterocycles. The van der Waals surface area contributed by atoms with Gasteiger partial charge in [-0.25, -0.2) is 8.42 Å². The number of carbonyl (C=O) groups excluding carboxylic acids is 2. The number of aliphatic hydroxyl groups excluding tert-OH is 2. The molecule has 6 unspecified atom stereocenters. The van der Waals surface area contributed by atoms with Crippen LogP contribution in [0.25, 0.3) is 0 Å². The number of nitrogens with one attached hydrogen (secondary N) is 1. The molecule has 0 bridgehead atoms. The van der Waals surface area contributed by atoms with E-state index < -0.39 is 38.6 Å². The number of anilines is 1. The van der Waals surface area contributed by atoms with Crippen molar-refractivity contribution in [3.63, 3.8) is 0 Å². The lowest BCUT2D eigenvalue weighted by molar-refractivity contribution is -0.384. The average molecular weight is 995 g/mol. The fourth-order valence-corrected chi connectivity index (χ4v) is 12.0. The molecule has 0 radical (unpaired) electrons. The number of nitrogens with zero attached hydrogens (tertiary/aromatic N) is 3. The molecule has 1 heterocycles. The minimum Gasteiger partial charge on any atom is -0.496 e. The summed E-state index contributed by atoms with van der Waals surface area (Å²) >= 11 is 0. The maximum absolute atomic E-state index is 15.3. The van der Waals surface area contributed by atoms with E-state index in [9.17, 15) is 29.9 Å². The van der Waals surface area contributed by atoms with Crippen LogP contribution in [-0.4, -0.2) is 91.1 Å². The van der Waals surface area contributed by atoms with Crippen molar-refractivity contribution < 1.29 is 56.9 Å². The van der Waals surface area contributed by atoms with Gasteiger partial charge in [0.25, 0.3) is 5.69 Å². The summed E-state index contributed by atoms with van der Waals surface area (Å²) in [5, 5.41) is 39.0. The Morgan fingerprint density at radius 2 is 1.70 bits per heavy atom. The summed E-state index contributed by atoms with van der Waals surface area (Å²) in [6.07, 6.45) is 8.69. The largest absolute Gasteiger partial charge is 0.496 e. The molecule has 0 aromatic heterocycles. The Hall–Kier alpha value is -6.44. The number of nitro benzene ring substituents is 1. The number of rotatable bonds is 25. The van der Waals surface area contributed by atoms with Gasteiger partial charge in [0.1, 0.15) is 29.6 Å². The number of benzene rings is 4. The van der Waals surface area contributed by atoms with Crippen molar-refractivity contribution in [2.24, 2.45) is 22.9 Å². The highest BCUT2D eigenvalue weighted by molar-refractivity contribution is 7.89. The molecule has 4 aromatic carbocycles. The molecule has 0 saturated heterocycles. The molecular weight excluding hydrogens is 933 g/mol. The molecule has 2 aliphatic carbocycles. The second-order valence-corrected chi connectivity index (χ2v) is 19.8. The standard InChI is InChI=1S/C53H62N4O13S/c1-5-25-56(71(64,65)43-21-15-39(16-22-43)54-35(3)61)50-32-47(55-68-34-36-13-17-40(18-14-36)57(62)63)45-30-37(11-7-9-26-58)44(12-8-10-27-59)51-46-31-42(69-41-19-23-48(66-4)38(29-41)33-60)20-24-49(46)70-53(50,52(45)51)67-28-6-2/h6,13-24,29-31,33,37,44,50-52,58-59H,2,5,7-12,25-28,32,34H2,1,3-4H3,(H,54,61). The van der Waals surface area contributed by atoms with Gasteiger partial charge in [-0.15, -0.1) is 6.58 Å². The number of non-ortho nitro benzene ring substituents is 1. The van der Waals surface area contributed by atoms with Gasteiger partial charge in [0.05, 0.1) is 46.8 Å². The van der Waals surface area contributed by atoms with Crippen LogP contribution < -0.4 is 19.5 Å². The maximum atomic E-state index is 15.3. The van der Waals surface area contributed by atoms with Crippen molar-refractivity contribution in [1.82, 2.24) is 4.31 Å². The van der Waals surface area contributed by atoms with Crippen LogP contribution >= 0.6 is 0 Å². The molecule has 0 spiro atoms. The Balaban J connectivity index is 1.45. The second kappa shape index (κ2) is 23.6. The maximum Gasteiger partial charge on any atom is 0.269 e. The van der Waals surface area contributed by atoms with Crippen molar-refractivity contribution in [2.45, 2.75) is 94.5 Å². The molecule has 1 amide bonds. The highest BCUT2D eigenvalue weighted by Crippen LogP contribution is 2.62. The summed E-state index contributed by atoms with van der Waals surface area (Å²) in [5.41, 5.74) is 3.24. The van der Waals surface area contributed by atoms with E-state index in [1.54, 1.807) is 48.5 Å². The van der Waals surface area contributed by atoms with Crippen LogP contribution in [0.2, 0.25) is 0 Å². The predicted molar refractivity (Wildman–Crippen MR) is 266 cm³/mol. The zero-order chi connectivity index (χ0) is 50.7. The van der Waals surface area contributed by atoms with Crippen LogP contribution in [0.15, 0.2) is 119 Å². The van der Waals surface area contributed by atoms with Crippen molar-refractivity contribution in [3.8, 4) is 23.0 Å². The number of aliphatic hydroxyl groups is 2. The summed E-state index contributed by atoms with van der Waals surface area (Å²) in [6.45, 7) is 7.22. The number of oxime groups is 1. The summed E-state index contributed by atoms with van der Waals surface area (Å²) in [6, 6.07) is 21.2. The van der Waals surface area contributed by atoms with Gasteiger partial charge < -0.3 is 39.3 Å². The smallest absolute Gasteiger partial charge is 0.269 e. The minimum atomic E-state index is -4.37. The second-order valence-electron chi connectivity index (χ2n) is 17.9. The lowest BCUT2D eigenvalue weighted by Gasteiger charge is -2.59. The van der Waals surface area contributed by atoms with Gasteiger partial charge in [-0.3, -0.25) is 19.7 Å². The Kier molecular flexibility index (Phi) is 17.4. The molecule has 3 N–H and O–H groups in total. The fraction of sp³-hybridized carbons (Fsp3) is 0.415. The first-order valence-corrected chi connectivity index (χ1v) is 25.4. The number of amides is 1. The third-order valence-corrected chi connectivity index (χ3v) is 15.3. The van der Waals surface area contributed by atoms with Crippen molar-refractivity contribution in [2.75, 3.05) is 38.8 Å². The number of ether oxygens (including phenoxy) is 4. The van der Waals surface area contributed by atoms with E-state index in [0.29, 0.717) is 96.8 Å². The Morgan fingerprint density at radius 1 is 1.00 bits per heavy atom. The van der Waals surface area contributed by atoms with Crippen LogP contribution in [0.4, 0.5) is 11.4 Å². The number of aldehydes is 1. The minimum absolute atomic E-state index is 0.00754. The predicted octanol–water partition coefficient (Wildman–Crippen LogP) is 9.10. The zero-order valence-electron chi connectivity index (χ0n) is 40.2. The number of sulfonamides is 1. The summed E-state index contributed by atoms with van der Waals surface area (Å²) in [4.78, 5) is 41.0. The molecule has 1 fully saturated rings. The number of carbonyl (C=O) groups is 2. The molecule has 1 saturated carbocycles. The number of unbranched alkanes of at least 4 members (excludes halogenated alkanes) is 2. The van der Waals surface area contributed by atoms with Crippen LogP contribution in [0.1, 0.15) is 92.6 Å². The van der Waals surface area contributed by atoms with Gasteiger partial charge >= 0.3 is 0 Å². The fourth-order valence-electron chi connectivity index (χ4n) is 10.3. The van der Waals surface area contributed by atoms with E-state index in [1.165, 1.54) is 54.7 Å². The van der Waals surface area contributed by atoms with Gasteiger partial charge in [0.15, 0.2) is 6.29 Å². The summed E-state index contributed by atoms with van der Waals surface area (Å²) in [5.74, 6) is -1.77. The summed E-state index contributed by atoms with van der Waals surface area (Å²) in [7, 11) is -2.89. The number of hydrogen-bond acceptors (Lipinski definition) is 14. The lowest BCUT2D eigenvalue weighted by Crippen LogP contribution is -2.70. The molecule has 71 heavy (non-hydrogen) atoms. The average Bonchev–Trinajstić information content (AvgIpc) is 3.36. The first kappa shape index (κ1) is 52.4. The van der Waals surface area contributed by atoms with Gasteiger partial charge in [0, 0.05) is 62.4 Å². The molecule has 7 rings (SSSR count). The highest BCUT2D eigenvalue weighted by atomic mass is 32.2. The Morgan fingerprint density at radius 3 is 2.35 bits per heavy atom. The topological polar surface area (TPSA) is 226 Å². The molecular formula is C53H62N4O13S. The normalized spacial score (nSPS) is 21.8. The quantitative estimate of drug-likeness (QED) is 0.0185. The van der Waals surface area contributed by atoms with Gasteiger partial charge in [-0.05, 0) is 128 Å².